The van der Waals surface area contributed by atoms with Crippen molar-refractivity contribution < 1.29 is 38.4 Å². The number of benzene rings is 1. The highest BCUT2D eigenvalue weighted by atomic mass is 16.7. The molecule has 1 fully saturated rings. The second-order valence-electron chi connectivity index (χ2n) is 9.72. The Kier molecular flexibility index (Phi) is 12.5. The molecule has 1 aromatic carbocycles. The SMILES string of the molecule is CCO[C@@H]1OC(C(=O)N(C)C2CCCCC2)=C[C@H](c2ccc(C(=O)OC)cc2)[C@@H]1CCOCCOCCO. The van der Waals surface area contributed by atoms with Crippen molar-refractivity contribution in [2.45, 2.75) is 63.7 Å². The van der Waals surface area contributed by atoms with E-state index >= 15 is 0 Å². The number of rotatable bonds is 14. The van der Waals surface area contributed by atoms with E-state index in [1.165, 1.54) is 13.5 Å². The summed E-state index contributed by atoms with van der Waals surface area (Å²) in [7, 11) is 3.22. The highest BCUT2D eigenvalue weighted by molar-refractivity contribution is 5.92. The van der Waals surface area contributed by atoms with Crippen LogP contribution in [0.5, 0.6) is 0 Å². The Morgan fingerprint density at radius 1 is 1.03 bits per heavy atom. The predicted octanol–water partition coefficient (Wildman–Crippen LogP) is 3.66. The van der Waals surface area contributed by atoms with Crippen molar-refractivity contribution in [3.63, 3.8) is 0 Å². The number of methoxy groups -OCH3 is 1. The maximum Gasteiger partial charge on any atom is 0.337 e. The lowest BCUT2D eigenvalue weighted by molar-refractivity contribution is -0.172. The number of hydrogen-bond acceptors (Lipinski definition) is 8. The molecular formula is C29H43NO8. The molecule has 9 heteroatoms. The first-order valence-corrected chi connectivity index (χ1v) is 13.7. The number of amides is 1. The van der Waals surface area contributed by atoms with Crippen molar-refractivity contribution in [1.82, 2.24) is 4.90 Å². The third-order valence-electron chi connectivity index (χ3n) is 7.29. The van der Waals surface area contributed by atoms with Crippen molar-refractivity contribution in [1.29, 1.82) is 0 Å². The summed E-state index contributed by atoms with van der Waals surface area (Å²) in [4.78, 5) is 27.4. The third-order valence-corrected chi connectivity index (χ3v) is 7.29. The van der Waals surface area contributed by atoms with E-state index in [0.717, 1.165) is 31.2 Å². The lowest BCUT2D eigenvalue weighted by Gasteiger charge is -2.39. The monoisotopic (exact) mass is 533 g/mol. The first-order chi connectivity index (χ1) is 18.5. The topological polar surface area (TPSA) is 104 Å². The van der Waals surface area contributed by atoms with Crippen LogP contribution in [0.25, 0.3) is 0 Å². The highest BCUT2D eigenvalue weighted by Crippen LogP contribution is 2.39. The van der Waals surface area contributed by atoms with Gasteiger partial charge in [0.1, 0.15) is 0 Å². The predicted molar refractivity (Wildman–Crippen MR) is 142 cm³/mol. The lowest BCUT2D eigenvalue weighted by Crippen LogP contribution is -2.43. The van der Waals surface area contributed by atoms with Crippen LogP contribution in [0.15, 0.2) is 36.1 Å². The van der Waals surface area contributed by atoms with E-state index < -0.39 is 12.3 Å². The molecule has 0 spiro atoms. The largest absolute Gasteiger partial charge is 0.465 e. The van der Waals surface area contributed by atoms with Crippen LogP contribution >= 0.6 is 0 Å². The van der Waals surface area contributed by atoms with E-state index in [-0.39, 0.29) is 37.0 Å². The van der Waals surface area contributed by atoms with Gasteiger partial charge in [0.25, 0.3) is 5.91 Å². The smallest absolute Gasteiger partial charge is 0.337 e. The summed E-state index contributed by atoms with van der Waals surface area (Å²) >= 11 is 0. The average Bonchev–Trinajstić information content (AvgIpc) is 2.96. The average molecular weight is 534 g/mol. The molecule has 2 aliphatic rings. The molecule has 212 valence electrons. The summed E-state index contributed by atoms with van der Waals surface area (Å²) in [6.07, 6.45) is 7.39. The minimum absolute atomic E-state index is 0.0186. The fraction of sp³-hybridized carbons (Fsp3) is 0.655. The van der Waals surface area contributed by atoms with Gasteiger partial charge in [-0.1, -0.05) is 31.4 Å². The Labute approximate surface area is 226 Å². The van der Waals surface area contributed by atoms with E-state index in [4.69, 9.17) is 28.8 Å². The van der Waals surface area contributed by atoms with Gasteiger partial charge < -0.3 is 33.7 Å². The van der Waals surface area contributed by atoms with E-state index in [9.17, 15) is 9.59 Å². The van der Waals surface area contributed by atoms with Gasteiger partial charge in [0.15, 0.2) is 5.76 Å². The molecule has 0 unspecified atom stereocenters. The molecule has 3 rings (SSSR count). The van der Waals surface area contributed by atoms with Crippen LogP contribution in [0.2, 0.25) is 0 Å². The van der Waals surface area contributed by atoms with E-state index in [1.54, 1.807) is 12.1 Å². The first-order valence-electron chi connectivity index (χ1n) is 13.7. The molecule has 1 saturated carbocycles. The van der Waals surface area contributed by atoms with Gasteiger partial charge in [-0.2, -0.15) is 0 Å². The van der Waals surface area contributed by atoms with Gasteiger partial charge in [0.2, 0.25) is 6.29 Å². The Balaban J connectivity index is 1.83. The van der Waals surface area contributed by atoms with Gasteiger partial charge in [0, 0.05) is 38.1 Å². The van der Waals surface area contributed by atoms with Crippen LogP contribution < -0.4 is 0 Å². The quantitative estimate of drug-likeness (QED) is 0.286. The van der Waals surface area contributed by atoms with Crippen molar-refractivity contribution >= 4 is 11.9 Å². The molecule has 1 N–H and O–H groups in total. The summed E-state index contributed by atoms with van der Waals surface area (Å²) in [6, 6.07) is 7.48. The molecule has 3 atom stereocenters. The molecule has 0 bridgehead atoms. The molecule has 0 radical (unpaired) electrons. The fourth-order valence-electron chi connectivity index (χ4n) is 5.18. The summed E-state index contributed by atoms with van der Waals surface area (Å²) in [5, 5.41) is 8.83. The van der Waals surface area contributed by atoms with Gasteiger partial charge in [-0.25, -0.2) is 4.79 Å². The molecule has 1 heterocycles. The maximum atomic E-state index is 13.6. The second-order valence-corrected chi connectivity index (χ2v) is 9.72. The second kappa shape index (κ2) is 15.8. The van der Waals surface area contributed by atoms with Crippen LogP contribution in [0.3, 0.4) is 0 Å². The number of nitrogens with zero attached hydrogens (tertiary/aromatic N) is 1. The number of hydrogen-bond donors (Lipinski definition) is 1. The Morgan fingerprint density at radius 3 is 2.34 bits per heavy atom. The number of aliphatic hydroxyl groups is 1. The number of aliphatic hydroxyl groups excluding tert-OH is 1. The van der Waals surface area contributed by atoms with Gasteiger partial charge in [-0.3, -0.25) is 4.79 Å². The Morgan fingerprint density at radius 2 is 1.71 bits per heavy atom. The van der Waals surface area contributed by atoms with E-state index in [1.807, 2.05) is 37.1 Å². The van der Waals surface area contributed by atoms with Crippen LogP contribution in [0.4, 0.5) is 0 Å². The molecular weight excluding hydrogens is 490 g/mol. The van der Waals surface area contributed by atoms with Crippen LogP contribution in [-0.2, 0) is 28.5 Å². The van der Waals surface area contributed by atoms with Gasteiger partial charge >= 0.3 is 5.97 Å². The van der Waals surface area contributed by atoms with Gasteiger partial charge in [0.05, 0.1) is 39.1 Å². The lowest BCUT2D eigenvalue weighted by atomic mass is 9.81. The molecule has 0 saturated heterocycles. The third kappa shape index (κ3) is 8.27. The van der Waals surface area contributed by atoms with Crippen LogP contribution in [0, 0.1) is 5.92 Å². The molecule has 1 amide bonds. The number of carbonyl (C=O) groups is 2. The Hall–Kier alpha value is -2.46. The van der Waals surface area contributed by atoms with Gasteiger partial charge in [-0.05, 0) is 50.0 Å². The zero-order valence-electron chi connectivity index (χ0n) is 22.9. The molecule has 9 nitrogen and oxygen atoms in total. The normalized spacial score (nSPS) is 21.9. The van der Waals surface area contributed by atoms with Crippen molar-refractivity contribution in [3.05, 3.63) is 47.2 Å². The molecule has 1 aliphatic heterocycles. The molecule has 38 heavy (non-hydrogen) atoms. The number of allylic oxidation sites excluding steroid dienone is 1. The first kappa shape index (κ1) is 30.1. The number of likely N-dealkylation sites (N-methyl/N-ethyl adjacent to an activating group) is 1. The van der Waals surface area contributed by atoms with Gasteiger partial charge in [-0.15, -0.1) is 0 Å². The zero-order valence-corrected chi connectivity index (χ0v) is 22.9. The molecule has 1 aromatic rings. The van der Waals surface area contributed by atoms with Crippen LogP contribution in [-0.4, -0.2) is 88.0 Å². The summed E-state index contributed by atoms with van der Waals surface area (Å²) in [5.41, 5.74) is 1.41. The number of ether oxygens (including phenoxy) is 5. The zero-order chi connectivity index (χ0) is 27.3. The number of esters is 1. The van der Waals surface area contributed by atoms with E-state index in [0.29, 0.717) is 44.2 Å². The maximum absolute atomic E-state index is 13.6. The minimum Gasteiger partial charge on any atom is -0.465 e. The Bertz CT molecular complexity index is 896. The van der Waals surface area contributed by atoms with Crippen LogP contribution in [0.1, 0.15) is 67.3 Å². The number of carbonyl (C=O) groups excluding carboxylic acids is 2. The van der Waals surface area contributed by atoms with Crippen molar-refractivity contribution in [2.75, 3.05) is 53.8 Å². The van der Waals surface area contributed by atoms with Crippen molar-refractivity contribution in [2.24, 2.45) is 5.92 Å². The van der Waals surface area contributed by atoms with Crippen molar-refractivity contribution in [3.8, 4) is 0 Å². The summed E-state index contributed by atoms with van der Waals surface area (Å²) < 4.78 is 28.1. The van der Waals surface area contributed by atoms with E-state index in [2.05, 4.69) is 0 Å². The molecule has 1 aliphatic carbocycles. The molecule has 0 aromatic heterocycles. The summed E-state index contributed by atoms with van der Waals surface area (Å²) in [5.74, 6) is -0.528. The summed E-state index contributed by atoms with van der Waals surface area (Å²) in [6.45, 7) is 3.88. The standard InChI is InChI=1S/C29H43NO8/c1-4-37-29-24(14-16-35-18-19-36-17-15-31)25(21-10-12-22(13-11-21)28(33)34-3)20-26(38-29)27(32)30(2)23-8-6-5-7-9-23/h10-13,20,23-25,29,31H,4-9,14-19H2,1-3H3/t24-,25+,29+/m0/s1. The highest BCUT2D eigenvalue weighted by Gasteiger charge is 2.39. The minimum atomic E-state index is -0.622. The fourth-order valence-corrected chi connectivity index (χ4v) is 5.18.